The predicted molar refractivity (Wildman–Crippen MR) is 91.9 cm³/mol. The highest BCUT2D eigenvalue weighted by Crippen LogP contribution is 2.39. The molecule has 3 heteroatoms. The van der Waals surface area contributed by atoms with E-state index in [2.05, 4.69) is 37.9 Å². The zero-order valence-electron chi connectivity index (χ0n) is 13.5. The van der Waals surface area contributed by atoms with Crippen LogP contribution in [0.3, 0.4) is 0 Å². The molecule has 0 spiro atoms. The van der Waals surface area contributed by atoms with Crippen molar-refractivity contribution in [2.75, 3.05) is 17.3 Å². The van der Waals surface area contributed by atoms with Crippen LogP contribution in [-0.4, -0.2) is 22.2 Å². The highest BCUT2D eigenvalue weighted by Gasteiger charge is 2.34. The summed E-state index contributed by atoms with van der Waals surface area (Å²) in [6.07, 6.45) is 8.90. The number of hydrogen-bond acceptors (Lipinski definition) is 2. The summed E-state index contributed by atoms with van der Waals surface area (Å²) < 4.78 is 9.57. The van der Waals surface area contributed by atoms with Crippen molar-refractivity contribution in [3.8, 4) is 0 Å². The molecule has 0 amide bonds. The lowest BCUT2D eigenvalue weighted by Gasteiger charge is -2.46. The van der Waals surface area contributed by atoms with Crippen LogP contribution in [0.25, 0.3) is 0 Å². The van der Waals surface area contributed by atoms with E-state index >= 15 is 0 Å². The molecule has 0 aliphatic rings. The van der Waals surface area contributed by atoms with Crippen molar-refractivity contribution >= 4 is 8.96 Å². The minimum atomic E-state index is -2.29. The summed E-state index contributed by atoms with van der Waals surface area (Å²) in [6, 6.07) is 6.16. The van der Waals surface area contributed by atoms with E-state index in [1.54, 1.807) is 0 Å². The number of rotatable bonds is 10. The highest BCUT2D eigenvalue weighted by molar-refractivity contribution is 8.20. The Morgan fingerprint density at radius 2 is 1.40 bits per heavy atom. The van der Waals surface area contributed by atoms with E-state index in [-0.39, 0.29) is 0 Å². The van der Waals surface area contributed by atoms with Gasteiger partial charge in [-0.05, 0) is 48.7 Å². The summed E-state index contributed by atoms with van der Waals surface area (Å²) in [5, 5.41) is 1.10. The van der Waals surface area contributed by atoms with E-state index < -0.39 is 8.96 Å². The molecule has 0 aromatic carbocycles. The number of aromatic nitrogens is 1. The molecule has 0 atom stereocenters. The van der Waals surface area contributed by atoms with E-state index in [1.807, 2.05) is 12.3 Å². The van der Waals surface area contributed by atoms with Gasteiger partial charge in [0.2, 0.25) is 0 Å². The molecule has 0 bridgehead atoms. The van der Waals surface area contributed by atoms with Crippen LogP contribution in [0.5, 0.6) is 0 Å². The minimum Gasteiger partial charge on any atom is -0.293 e. The summed E-state index contributed by atoms with van der Waals surface area (Å²) in [5.41, 5.74) is 0. The normalized spacial score (nSPS) is 13.8. The summed E-state index contributed by atoms with van der Waals surface area (Å²) in [4.78, 5) is 4.64. The number of nitrogens with one attached hydrogen (secondary N) is 1. The van der Waals surface area contributed by atoms with Gasteiger partial charge in [0.15, 0.2) is 0 Å². The number of pyridine rings is 1. The molecule has 0 saturated carbocycles. The SMILES string of the molecule is CCCCS(=N)(CCCC)(CCCC)c1ccccn1. The van der Waals surface area contributed by atoms with Crippen molar-refractivity contribution in [2.45, 2.75) is 64.3 Å². The van der Waals surface area contributed by atoms with Crippen molar-refractivity contribution in [2.24, 2.45) is 0 Å². The standard InChI is InChI=1S/C17H32N2S/c1-4-7-14-20(18,15-8-5-2,16-9-6-3)17-12-10-11-13-19-17/h10-13,18H,4-9,14-16H2,1-3H3. The molecule has 0 unspecified atom stereocenters. The summed E-state index contributed by atoms with van der Waals surface area (Å²) >= 11 is 0. The Morgan fingerprint density at radius 3 is 1.75 bits per heavy atom. The molecule has 1 heterocycles. The van der Waals surface area contributed by atoms with Gasteiger partial charge in [0.25, 0.3) is 0 Å². The Morgan fingerprint density at radius 1 is 0.900 bits per heavy atom. The van der Waals surface area contributed by atoms with Crippen LogP contribution in [0.15, 0.2) is 29.4 Å². The molecular formula is C17H32N2S. The van der Waals surface area contributed by atoms with Gasteiger partial charge >= 0.3 is 0 Å². The topological polar surface area (TPSA) is 36.7 Å². The molecular weight excluding hydrogens is 264 g/mol. The fourth-order valence-electron chi connectivity index (χ4n) is 2.76. The molecule has 20 heavy (non-hydrogen) atoms. The lowest BCUT2D eigenvalue weighted by molar-refractivity contribution is 0.824. The minimum absolute atomic E-state index is 1.05. The molecule has 0 fully saturated rings. The molecule has 1 N–H and O–H groups in total. The van der Waals surface area contributed by atoms with Gasteiger partial charge in [-0.1, -0.05) is 46.1 Å². The molecule has 2 nitrogen and oxygen atoms in total. The smallest absolute Gasteiger partial charge is 0.0888 e. The maximum Gasteiger partial charge on any atom is 0.0888 e. The first-order chi connectivity index (χ1) is 9.59. The predicted octanol–water partition coefficient (Wildman–Crippen LogP) is 5.29. The van der Waals surface area contributed by atoms with E-state index in [0.29, 0.717) is 0 Å². The number of hydrogen-bond donors (Lipinski definition) is 1. The Bertz CT molecular complexity index is 408. The van der Waals surface area contributed by atoms with Crippen LogP contribution in [0, 0.1) is 4.78 Å². The zero-order chi connectivity index (χ0) is 14.9. The van der Waals surface area contributed by atoms with Crippen molar-refractivity contribution in [1.29, 1.82) is 4.78 Å². The zero-order valence-corrected chi connectivity index (χ0v) is 14.3. The van der Waals surface area contributed by atoms with Crippen LogP contribution in [0.2, 0.25) is 0 Å². The fraction of sp³-hybridized carbons (Fsp3) is 0.706. The number of nitrogens with zero attached hydrogens (tertiary/aromatic N) is 1. The van der Waals surface area contributed by atoms with Gasteiger partial charge in [-0.3, -0.25) is 9.76 Å². The van der Waals surface area contributed by atoms with Crippen LogP contribution >= 0.6 is 0 Å². The van der Waals surface area contributed by atoms with Crippen molar-refractivity contribution in [1.82, 2.24) is 4.98 Å². The van der Waals surface area contributed by atoms with Crippen molar-refractivity contribution < 1.29 is 0 Å². The van der Waals surface area contributed by atoms with Crippen molar-refractivity contribution in [3.63, 3.8) is 0 Å². The van der Waals surface area contributed by atoms with E-state index in [4.69, 9.17) is 0 Å². The quantitative estimate of drug-likeness (QED) is 0.625. The summed E-state index contributed by atoms with van der Waals surface area (Å²) in [5.74, 6) is 3.14. The fourth-order valence-corrected chi connectivity index (χ4v) is 7.73. The molecule has 1 rings (SSSR count). The second kappa shape index (κ2) is 7.92. The summed E-state index contributed by atoms with van der Waals surface area (Å²) in [6.45, 7) is 6.70. The lowest BCUT2D eigenvalue weighted by atomic mass is 10.4. The van der Waals surface area contributed by atoms with Gasteiger partial charge in [-0.2, -0.15) is 0 Å². The lowest BCUT2D eigenvalue weighted by Crippen LogP contribution is -2.43. The maximum atomic E-state index is 9.57. The second-order valence-electron chi connectivity index (χ2n) is 5.92. The van der Waals surface area contributed by atoms with E-state index in [1.165, 1.54) is 19.3 Å². The van der Waals surface area contributed by atoms with Crippen LogP contribution in [0.1, 0.15) is 59.3 Å². The van der Waals surface area contributed by atoms with Crippen molar-refractivity contribution in [3.05, 3.63) is 24.4 Å². The third kappa shape index (κ3) is 4.15. The molecule has 116 valence electrons. The van der Waals surface area contributed by atoms with Crippen LogP contribution in [0.4, 0.5) is 0 Å². The van der Waals surface area contributed by atoms with Crippen LogP contribution < -0.4 is 0 Å². The Kier molecular flexibility index (Phi) is 6.87. The van der Waals surface area contributed by atoms with Gasteiger partial charge < -0.3 is 0 Å². The van der Waals surface area contributed by atoms with Gasteiger partial charge in [-0.25, -0.2) is 0 Å². The largest absolute Gasteiger partial charge is 0.293 e. The Hall–Kier alpha value is -0.700. The van der Waals surface area contributed by atoms with Gasteiger partial charge in [0.1, 0.15) is 0 Å². The first-order valence-electron chi connectivity index (χ1n) is 8.17. The average Bonchev–Trinajstić information content (AvgIpc) is 2.50. The Labute approximate surface area is 125 Å². The van der Waals surface area contributed by atoms with E-state index in [9.17, 15) is 4.78 Å². The third-order valence-electron chi connectivity index (χ3n) is 4.16. The monoisotopic (exact) mass is 296 g/mol. The van der Waals surface area contributed by atoms with Gasteiger partial charge in [-0.15, -0.1) is 8.96 Å². The van der Waals surface area contributed by atoms with Gasteiger partial charge in [0, 0.05) is 6.20 Å². The first-order valence-corrected chi connectivity index (χ1v) is 10.7. The Balaban J connectivity index is 3.21. The van der Waals surface area contributed by atoms with E-state index in [0.717, 1.165) is 41.5 Å². The third-order valence-corrected chi connectivity index (χ3v) is 9.32. The summed E-state index contributed by atoms with van der Waals surface area (Å²) in [7, 11) is -2.29. The molecule has 1 aromatic rings. The van der Waals surface area contributed by atoms with Gasteiger partial charge in [0.05, 0.1) is 5.03 Å². The first kappa shape index (κ1) is 17.4. The molecule has 0 aliphatic carbocycles. The maximum absolute atomic E-state index is 9.57. The molecule has 0 saturated heterocycles. The number of unbranched alkanes of at least 4 members (excludes halogenated alkanes) is 3. The average molecular weight is 297 g/mol. The van der Waals surface area contributed by atoms with Crippen LogP contribution in [-0.2, 0) is 8.96 Å². The molecule has 1 aromatic heterocycles. The highest BCUT2D eigenvalue weighted by atomic mass is 32.3. The molecule has 0 radical (unpaired) electrons. The molecule has 0 aliphatic heterocycles. The second-order valence-corrected chi connectivity index (χ2v) is 10.7.